The minimum atomic E-state index is -1.55. The molecule has 178 valence electrons. The SMILES string of the molecule is CSCCC(NC(=O)C(CC(=O)O)NC(=O)C(CCSC)NC(=O)C(N)CO)C(=O)O. The average molecular weight is 483 g/mol. The first kappa shape index (κ1) is 29.0. The molecule has 0 aliphatic rings. The molecule has 0 spiro atoms. The van der Waals surface area contributed by atoms with Crippen molar-refractivity contribution in [2.75, 3.05) is 30.6 Å². The Morgan fingerprint density at radius 1 is 0.806 bits per heavy atom. The molecule has 0 aromatic carbocycles. The Kier molecular flexibility index (Phi) is 14.7. The minimum absolute atomic E-state index is 0.113. The quantitative estimate of drug-likeness (QED) is 0.126. The maximum absolute atomic E-state index is 12.7. The van der Waals surface area contributed by atoms with Crippen molar-refractivity contribution < 1.29 is 39.3 Å². The number of aliphatic hydroxyl groups is 1. The van der Waals surface area contributed by atoms with Gasteiger partial charge in [0.1, 0.15) is 24.2 Å². The Morgan fingerprint density at radius 3 is 1.71 bits per heavy atom. The molecule has 3 amide bonds. The van der Waals surface area contributed by atoms with E-state index in [1.54, 1.807) is 12.5 Å². The Bertz CT molecular complexity index is 637. The van der Waals surface area contributed by atoms with Crippen LogP contribution in [0.15, 0.2) is 0 Å². The van der Waals surface area contributed by atoms with E-state index < -0.39 is 66.9 Å². The summed E-state index contributed by atoms with van der Waals surface area (Å²) in [6.07, 6.45) is 3.02. The molecule has 12 nitrogen and oxygen atoms in total. The second kappa shape index (κ2) is 15.7. The summed E-state index contributed by atoms with van der Waals surface area (Å²) >= 11 is 2.77. The van der Waals surface area contributed by atoms with Gasteiger partial charge in [0.2, 0.25) is 17.7 Å². The second-order valence-corrected chi connectivity index (χ2v) is 8.44. The van der Waals surface area contributed by atoms with Crippen LogP contribution in [0.5, 0.6) is 0 Å². The van der Waals surface area contributed by atoms with Crippen molar-refractivity contribution in [3.63, 3.8) is 0 Å². The third kappa shape index (κ3) is 11.8. The highest BCUT2D eigenvalue weighted by Gasteiger charge is 2.31. The number of hydrogen-bond donors (Lipinski definition) is 7. The van der Waals surface area contributed by atoms with Gasteiger partial charge in [-0.05, 0) is 36.9 Å². The van der Waals surface area contributed by atoms with E-state index >= 15 is 0 Å². The summed E-state index contributed by atoms with van der Waals surface area (Å²) in [6.45, 7) is -0.640. The molecule has 31 heavy (non-hydrogen) atoms. The number of aliphatic carboxylic acids is 2. The number of nitrogens with two attached hydrogens (primary N) is 1. The zero-order valence-electron chi connectivity index (χ0n) is 17.3. The van der Waals surface area contributed by atoms with E-state index in [1.807, 2.05) is 0 Å². The van der Waals surface area contributed by atoms with Gasteiger partial charge in [-0.2, -0.15) is 23.5 Å². The Balaban J connectivity index is 5.39. The lowest BCUT2D eigenvalue weighted by Gasteiger charge is -2.24. The molecule has 8 N–H and O–H groups in total. The van der Waals surface area contributed by atoms with Gasteiger partial charge in [-0.15, -0.1) is 0 Å². The molecular weight excluding hydrogens is 452 g/mol. The number of carbonyl (C=O) groups excluding carboxylic acids is 3. The molecule has 0 fully saturated rings. The summed E-state index contributed by atoms with van der Waals surface area (Å²) < 4.78 is 0. The van der Waals surface area contributed by atoms with E-state index in [-0.39, 0.29) is 12.8 Å². The molecule has 0 radical (unpaired) electrons. The van der Waals surface area contributed by atoms with E-state index in [1.165, 1.54) is 23.5 Å². The van der Waals surface area contributed by atoms with Gasteiger partial charge in [0.05, 0.1) is 13.0 Å². The third-order valence-electron chi connectivity index (χ3n) is 4.01. The summed E-state index contributed by atoms with van der Waals surface area (Å²) in [6, 6.07) is -5.19. The highest BCUT2D eigenvalue weighted by molar-refractivity contribution is 7.98. The summed E-state index contributed by atoms with van der Waals surface area (Å²) in [5.41, 5.74) is 5.43. The standard InChI is InChI=1S/C17H30N4O8S2/c1-30-5-3-10(19-14(25)9(18)8-22)15(26)21-12(7-13(23)24)16(27)20-11(17(28)29)4-6-31-2/h9-12,22H,3-8,18H2,1-2H3,(H,19,25)(H,20,27)(H,21,26)(H,23,24)(H,28,29). The smallest absolute Gasteiger partial charge is 0.326 e. The first-order valence-corrected chi connectivity index (χ1v) is 12.1. The predicted molar refractivity (Wildman–Crippen MR) is 117 cm³/mol. The molecule has 0 aliphatic carbocycles. The van der Waals surface area contributed by atoms with E-state index in [4.69, 9.17) is 15.9 Å². The molecular formula is C17H30N4O8S2. The number of carboxylic acids is 2. The van der Waals surface area contributed by atoms with Crippen LogP contribution >= 0.6 is 23.5 Å². The van der Waals surface area contributed by atoms with Crippen molar-refractivity contribution in [1.29, 1.82) is 0 Å². The van der Waals surface area contributed by atoms with Gasteiger partial charge in [-0.25, -0.2) is 4.79 Å². The normalized spacial score (nSPS) is 14.6. The van der Waals surface area contributed by atoms with Gasteiger partial charge in [0, 0.05) is 0 Å². The molecule has 0 aliphatic heterocycles. The summed E-state index contributed by atoms with van der Waals surface area (Å²) in [7, 11) is 0. The highest BCUT2D eigenvalue weighted by Crippen LogP contribution is 2.05. The van der Waals surface area contributed by atoms with Crippen molar-refractivity contribution in [2.45, 2.75) is 43.4 Å². The van der Waals surface area contributed by atoms with Crippen LogP contribution < -0.4 is 21.7 Å². The van der Waals surface area contributed by atoms with Crippen molar-refractivity contribution in [3.8, 4) is 0 Å². The number of amides is 3. The number of carbonyl (C=O) groups is 5. The number of aliphatic hydroxyl groups excluding tert-OH is 1. The van der Waals surface area contributed by atoms with Crippen molar-refractivity contribution in [2.24, 2.45) is 5.73 Å². The monoisotopic (exact) mass is 482 g/mol. The molecule has 0 heterocycles. The molecule has 14 heteroatoms. The lowest BCUT2D eigenvalue weighted by molar-refractivity contribution is -0.143. The van der Waals surface area contributed by atoms with Gasteiger partial charge in [-0.1, -0.05) is 0 Å². The fourth-order valence-electron chi connectivity index (χ4n) is 2.29. The molecule has 0 bridgehead atoms. The Morgan fingerprint density at radius 2 is 1.26 bits per heavy atom. The lowest BCUT2D eigenvalue weighted by Crippen LogP contribution is -2.58. The number of hydrogen-bond acceptors (Lipinski definition) is 9. The van der Waals surface area contributed by atoms with Crippen LogP contribution in [0, 0.1) is 0 Å². The van der Waals surface area contributed by atoms with Crippen molar-refractivity contribution in [3.05, 3.63) is 0 Å². The fourth-order valence-corrected chi connectivity index (χ4v) is 3.23. The van der Waals surface area contributed by atoms with Crippen LogP contribution in [0.4, 0.5) is 0 Å². The minimum Gasteiger partial charge on any atom is -0.481 e. The van der Waals surface area contributed by atoms with Gasteiger partial charge in [0.25, 0.3) is 0 Å². The summed E-state index contributed by atoms with van der Waals surface area (Å²) in [5.74, 6) is -4.35. The van der Waals surface area contributed by atoms with Crippen LogP contribution in [0.2, 0.25) is 0 Å². The van der Waals surface area contributed by atoms with Gasteiger partial charge < -0.3 is 37.0 Å². The van der Waals surface area contributed by atoms with Gasteiger partial charge in [-0.3, -0.25) is 19.2 Å². The van der Waals surface area contributed by atoms with Crippen LogP contribution in [0.3, 0.4) is 0 Å². The number of carboxylic acid groups (broad SMARTS) is 2. The van der Waals surface area contributed by atoms with Gasteiger partial charge >= 0.3 is 11.9 Å². The van der Waals surface area contributed by atoms with E-state index in [2.05, 4.69) is 16.0 Å². The zero-order chi connectivity index (χ0) is 24.0. The van der Waals surface area contributed by atoms with E-state index in [9.17, 15) is 29.1 Å². The molecule has 4 unspecified atom stereocenters. The number of rotatable bonds is 16. The maximum Gasteiger partial charge on any atom is 0.326 e. The fraction of sp³-hybridized carbons (Fsp3) is 0.706. The summed E-state index contributed by atoms with van der Waals surface area (Å²) in [4.78, 5) is 59.6. The summed E-state index contributed by atoms with van der Waals surface area (Å²) in [5, 5.41) is 34.2. The van der Waals surface area contributed by atoms with Crippen LogP contribution in [0.1, 0.15) is 19.3 Å². The predicted octanol–water partition coefficient (Wildman–Crippen LogP) is -2.17. The van der Waals surface area contributed by atoms with Crippen LogP contribution in [-0.2, 0) is 24.0 Å². The second-order valence-electron chi connectivity index (χ2n) is 6.47. The molecule has 0 aromatic heterocycles. The van der Waals surface area contributed by atoms with Crippen molar-refractivity contribution in [1.82, 2.24) is 16.0 Å². The van der Waals surface area contributed by atoms with Gasteiger partial charge in [0.15, 0.2) is 0 Å². The van der Waals surface area contributed by atoms with Crippen LogP contribution in [-0.4, -0.2) is 99.8 Å². The average Bonchev–Trinajstić information content (AvgIpc) is 2.71. The Hall–Kier alpha value is -2.03. The highest BCUT2D eigenvalue weighted by atomic mass is 32.2. The molecule has 4 atom stereocenters. The van der Waals surface area contributed by atoms with E-state index in [0.717, 1.165) is 0 Å². The zero-order valence-corrected chi connectivity index (χ0v) is 19.0. The first-order valence-electron chi connectivity index (χ1n) is 9.27. The molecule has 0 rings (SSSR count). The van der Waals surface area contributed by atoms with E-state index in [0.29, 0.717) is 11.5 Å². The maximum atomic E-state index is 12.7. The third-order valence-corrected chi connectivity index (χ3v) is 5.30. The van der Waals surface area contributed by atoms with Crippen molar-refractivity contribution >= 4 is 53.2 Å². The first-order chi connectivity index (χ1) is 14.6. The molecule has 0 saturated heterocycles. The number of nitrogens with one attached hydrogen (secondary N) is 3. The largest absolute Gasteiger partial charge is 0.481 e. The molecule has 0 saturated carbocycles. The van der Waals surface area contributed by atoms with Crippen LogP contribution in [0.25, 0.3) is 0 Å². The Labute approximate surface area is 188 Å². The number of thioether (sulfide) groups is 2. The lowest BCUT2D eigenvalue weighted by atomic mass is 10.1. The molecule has 0 aromatic rings. The topological polar surface area (TPSA) is 208 Å².